The number of anilines is 1. The second kappa shape index (κ2) is 11.1. The van der Waals surface area contributed by atoms with Gasteiger partial charge in [-0.15, -0.1) is 0 Å². The van der Waals surface area contributed by atoms with Crippen LogP contribution < -0.4 is 10.1 Å². The summed E-state index contributed by atoms with van der Waals surface area (Å²) in [6.45, 7) is 4.82. The summed E-state index contributed by atoms with van der Waals surface area (Å²) in [5.74, 6) is 1.77. The molecule has 1 saturated heterocycles. The van der Waals surface area contributed by atoms with Crippen molar-refractivity contribution in [2.75, 3.05) is 18.4 Å². The predicted octanol–water partition coefficient (Wildman–Crippen LogP) is 6.40. The number of nitrogens with zero attached hydrogens (tertiary/aromatic N) is 3. The molecule has 1 N–H and O–H groups in total. The van der Waals surface area contributed by atoms with E-state index >= 15 is 0 Å². The number of piperidine rings is 1. The minimum atomic E-state index is -0.316. The fourth-order valence-corrected chi connectivity index (χ4v) is 4.69. The summed E-state index contributed by atoms with van der Waals surface area (Å²) in [6.07, 6.45) is 3.27. The van der Waals surface area contributed by atoms with Crippen molar-refractivity contribution in [3.05, 3.63) is 100 Å². The number of rotatable bonds is 6. The summed E-state index contributed by atoms with van der Waals surface area (Å²) < 4.78 is 11.1. The maximum absolute atomic E-state index is 13.0. The van der Waals surface area contributed by atoms with Gasteiger partial charge in [-0.05, 0) is 73.7 Å². The molecule has 4 aromatic rings. The number of nitrogens with one attached hydrogen (secondary N) is 1. The molecule has 0 bridgehead atoms. The molecule has 1 aliphatic rings. The lowest BCUT2D eigenvalue weighted by Gasteiger charge is -2.32. The van der Waals surface area contributed by atoms with Crippen molar-refractivity contribution in [1.29, 1.82) is 0 Å². The van der Waals surface area contributed by atoms with Gasteiger partial charge in [0.05, 0.1) is 10.7 Å². The van der Waals surface area contributed by atoms with E-state index in [2.05, 4.69) is 15.3 Å². The zero-order valence-corrected chi connectivity index (χ0v) is 21.9. The molecule has 0 saturated carbocycles. The van der Waals surface area contributed by atoms with Crippen LogP contribution in [-0.2, 0) is 0 Å². The Hall–Kier alpha value is -4.17. The number of halogens is 1. The first kappa shape index (κ1) is 25.5. The monoisotopic (exact) mass is 530 g/mol. The zero-order chi connectivity index (χ0) is 26.6. The lowest BCUT2D eigenvalue weighted by molar-refractivity contribution is 0.0713. The highest BCUT2D eigenvalue weighted by atomic mass is 35.5. The van der Waals surface area contributed by atoms with Crippen LogP contribution in [0, 0.1) is 13.8 Å². The zero-order valence-electron chi connectivity index (χ0n) is 21.1. The highest BCUT2D eigenvalue weighted by Gasteiger charge is 2.25. The second-order valence-electron chi connectivity index (χ2n) is 9.23. The summed E-state index contributed by atoms with van der Waals surface area (Å²) in [4.78, 5) is 35.7. The van der Waals surface area contributed by atoms with Gasteiger partial charge in [0, 0.05) is 43.5 Å². The number of benzene rings is 2. The number of likely N-dealkylation sites (tertiary alicyclic amines) is 1. The molecule has 5 rings (SSSR count). The Kier molecular flexibility index (Phi) is 7.42. The van der Waals surface area contributed by atoms with Crippen molar-refractivity contribution in [1.82, 2.24) is 14.9 Å². The Morgan fingerprint density at radius 1 is 1.00 bits per heavy atom. The fourth-order valence-electron chi connectivity index (χ4n) is 4.58. The SMILES string of the molecule is Cc1nc(C)c(C(=O)Nc2ccc(C3CCN(C(=O)c4ccc(Oc5ccc(Cl)cn5)cc4)CC3)cc2)o1. The summed E-state index contributed by atoms with van der Waals surface area (Å²) in [6, 6.07) is 18.3. The summed E-state index contributed by atoms with van der Waals surface area (Å²) in [5, 5.41) is 3.40. The molecule has 3 heterocycles. The van der Waals surface area contributed by atoms with Crippen LogP contribution in [0.3, 0.4) is 0 Å². The average Bonchev–Trinajstić information content (AvgIpc) is 3.28. The molecule has 8 nitrogen and oxygen atoms in total. The van der Waals surface area contributed by atoms with E-state index in [1.54, 1.807) is 50.2 Å². The minimum absolute atomic E-state index is 0.00984. The lowest BCUT2D eigenvalue weighted by Crippen LogP contribution is -2.37. The first-order valence-corrected chi connectivity index (χ1v) is 12.8. The van der Waals surface area contributed by atoms with E-state index in [0.29, 0.717) is 58.5 Å². The van der Waals surface area contributed by atoms with Gasteiger partial charge in [0.2, 0.25) is 11.6 Å². The fraction of sp³-hybridized carbons (Fsp3) is 0.241. The highest BCUT2D eigenvalue weighted by molar-refractivity contribution is 6.30. The summed E-state index contributed by atoms with van der Waals surface area (Å²) >= 11 is 5.86. The normalized spacial score (nSPS) is 13.8. The van der Waals surface area contributed by atoms with Crippen LogP contribution in [0.15, 0.2) is 71.3 Å². The van der Waals surface area contributed by atoms with E-state index < -0.39 is 0 Å². The van der Waals surface area contributed by atoms with Crippen LogP contribution >= 0.6 is 11.6 Å². The first-order chi connectivity index (χ1) is 18.4. The van der Waals surface area contributed by atoms with Crippen LogP contribution in [-0.4, -0.2) is 39.8 Å². The highest BCUT2D eigenvalue weighted by Crippen LogP contribution is 2.30. The number of pyridine rings is 1. The largest absolute Gasteiger partial charge is 0.439 e. The molecule has 0 spiro atoms. The molecule has 0 atom stereocenters. The van der Waals surface area contributed by atoms with Gasteiger partial charge in [-0.25, -0.2) is 9.97 Å². The third-order valence-electron chi connectivity index (χ3n) is 6.56. The van der Waals surface area contributed by atoms with E-state index in [4.69, 9.17) is 20.8 Å². The molecule has 0 aliphatic carbocycles. The molecule has 9 heteroatoms. The van der Waals surface area contributed by atoms with Gasteiger partial charge in [-0.3, -0.25) is 9.59 Å². The van der Waals surface area contributed by atoms with Crippen LogP contribution in [0.5, 0.6) is 11.6 Å². The van der Waals surface area contributed by atoms with E-state index in [1.807, 2.05) is 29.2 Å². The van der Waals surface area contributed by atoms with E-state index in [-0.39, 0.29) is 17.6 Å². The van der Waals surface area contributed by atoms with E-state index in [0.717, 1.165) is 12.8 Å². The van der Waals surface area contributed by atoms with Crippen molar-refractivity contribution in [3.63, 3.8) is 0 Å². The second-order valence-corrected chi connectivity index (χ2v) is 9.67. The number of hydrogen-bond acceptors (Lipinski definition) is 6. The van der Waals surface area contributed by atoms with Crippen molar-refractivity contribution >= 4 is 29.1 Å². The number of hydrogen-bond donors (Lipinski definition) is 1. The first-order valence-electron chi connectivity index (χ1n) is 12.4. The van der Waals surface area contributed by atoms with Crippen molar-refractivity contribution in [3.8, 4) is 11.6 Å². The minimum Gasteiger partial charge on any atom is -0.439 e. The molecule has 38 heavy (non-hydrogen) atoms. The number of carbonyl (C=O) groups excluding carboxylic acids is 2. The summed E-state index contributed by atoms with van der Waals surface area (Å²) in [5.41, 5.74) is 3.08. The predicted molar refractivity (Wildman–Crippen MR) is 144 cm³/mol. The Morgan fingerprint density at radius 2 is 1.71 bits per heavy atom. The maximum Gasteiger partial charge on any atom is 0.293 e. The molecule has 0 unspecified atom stereocenters. The molecule has 1 fully saturated rings. The van der Waals surface area contributed by atoms with Crippen LogP contribution in [0.4, 0.5) is 5.69 Å². The molecule has 0 radical (unpaired) electrons. The molecule has 2 aromatic carbocycles. The number of aromatic nitrogens is 2. The van der Waals surface area contributed by atoms with Crippen molar-refractivity contribution in [2.24, 2.45) is 0 Å². The number of ether oxygens (including phenoxy) is 1. The van der Waals surface area contributed by atoms with Gasteiger partial charge in [0.15, 0.2) is 5.89 Å². The van der Waals surface area contributed by atoms with Gasteiger partial charge in [0.1, 0.15) is 5.75 Å². The smallest absolute Gasteiger partial charge is 0.293 e. The maximum atomic E-state index is 13.0. The Morgan fingerprint density at radius 3 is 2.32 bits per heavy atom. The lowest BCUT2D eigenvalue weighted by atomic mass is 9.89. The number of carbonyl (C=O) groups is 2. The van der Waals surface area contributed by atoms with Gasteiger partial charge in [0.25, 0.3) is 11.8 Å². The molecular formula is C29H27ClN4O4. The quantitative estimate of drug-likeness (QED) is 0.309. The Bertz CT molecular complexity index is 1430. The van der Waals surface area contributed by atoms with Crippen molar-refractivity contribution in [2.45, 2.75) is 32.6 Å². The van der Waals surface area contributed by atoms with Gasteiger partial charge in [-0.1, -0.05) is 23.7 Å². The van der Waals surface area contributed by atoms with Gasteiger partial charge >= 0.3 is 0 Å². The van der Waals surface area contributed by atoms with Crippen LogP contribution in [0.1, 0.15) is 56.8 Å². The van der Waals surface area contributed by atoms with Crippen LogP contribution in [0.25, 0.3) is 0 Å². The van der Waals surface area contributed by atoms with Crippen LogP contribution in [0.2, 0.25) is 5.02 Å². The summed E-state index contributed by atoms with van der Waals surface area (Å²) in [7, 11) is 0. The van der Waals surface area contributed by atoms with Crippen molar-refractivity contribution < 1.29 is 18.7 Å². The third-order valence-corrected chi connectivity index (χ3v) is 6.78. The number of aryl methyl sites for hydroxylation is 2. The van der Waals surface area contributed by atoms with E-state index in [1.165, 1.54) is 11.8 Å². The van der Waals surface area contributed by atoms with E-state index in [9.17, 15) is 9.59 Å². The molecule has 194 valence electrons. The Labute approximate surface area is 225 Å². The topological polar surface area (TPSA) is 97.6 Å². The number of oxazole rings is 1. The standard InChI is InChI=1S/C29H27ClN4O4/c1-18-27(37-19(2)32-18)28(35)33-24-8-3-20(4-9-24)21-13-15-34(16-14-21)29(36)22-5-10-25(11-6-22)38-26-12-7-23(30)17-31-26/h3-12,17,21H,13-16H2,1-2H3,(H,33,35). The number of amides is 2. The van der Waals surface area contributed by atoms with Gasteiger partial charge < -0.3 is 19.4 Å². The van der Waals surface area contributed by atoms with Gasteiger partial charge in [-0.2, -0.15) is 0 Å². The molecule has 2 amide bonds. The Balaban J connectivity index is 1.13. The molecular weight excluding hydrogens is 504 g/mol. The molecule has 1 aliphatic heterocycles. The molecule has 2 aromatic heterocycles. The average molecular weight is 531 g/mol. The third kappa shape index (κ3) is 5.86.